The zero-order valence-electron chi connectivity index (χ0n) is 9.53. The molecule has 0 unspecified atom stereocenters. The van der Waals surface area contributed by atoms with Crippen molar-refractivity contribution in [3.05, 3.63) is 35.4 Å². The number of nitrogens with zero attached hydrogens (tertiary/aromatic N) is 2. The Morgan fingerprint density at radius 1 is 1.25 bits per heavy atom. The van der Waals surface area contributed by atoms with Crippen molar-refractivity contribution in [3.63, 3.8) is 0 Å². The van der Waals surface area contributed by atoms with Gasteiger partial charge < -0.3 is 5.48 Å². The van der Waals surface area contributed by atoms with E-state index in [4.69, 9.17) is 0 Å². The Bertz CT molecular complexity index is 410. The van der Waals surface area contributed by atoms with Gasteiger partial charge in [-0.25, -0.2) is 0 Å². The molecule has 0 bridgehead atoms. The molecule has 16 heavy (non-hydrogen) atoms. The van der Waals surface area contributed by atoms with E-state index in [9.17, 15) is 0 Å². The van der Waals surface area contributed by atoms with Gasteiger partial charge in [0.15, 0.2) is 0 Å². The van der Waals surface area contributed by atoms with Gasteiger partial charge in [-0.1, -0.05) is 29.8 Å². The molecule has 0 radical (unpaired) electrons. The highest BCUT2D eigenvalue weighted by molar-refractivity contribution is 8.15. The van der Waals surface area contributed by atoms with E-state index in [-0.39, 0.29) is 5.48 Å². The van der Waals surface area contributed by atoms with Crippen molar-refractivity contribution < 1.29 is 5.48 Å². The lowest BCUT2D eigenvalue weighted by molar-refractivity contribution is 0.824. The van der Waals surface area contributed by atoms with E-state index >= 15 is 0 Å². The van der Waals surface area contributed by atoms with Crippen LogP contribution in [0.3, 0.4) is 0 Å². The van der Waals surface area contributed by atoms with Crippen LogP contribution in [0.5, 0.6) is 0 Å². The number of rotatable bonds is 1. The molecule has 0 amide bonds. The molecule has 0 atom stereocenters. The topological polar surface area (TPSA) is 56.2 Å². The SMILES string of the molecule is CN=C1SCCN=C1c1ccc(C)cc1.O. The average Bonchev–Trinajstić information content (AvgIpc) is 2.30. The summed E-state index contributed by atoms with van der Waals surface area (Å²) in [5.41, 5.74) is 3.50. The van der Waals surface area contributed by atoms with Crippen LogP contribution in [0.25, 0.3) is 0 Å². The summed E-state index contributed by atoms with van der Waals surface area (Å²) in [6.45, 7) is 2.99. The molecule has 0 aliphatic carbocycles. The Morgan fingerprint density at radius 2 is 1.94 bits per heavy atom. The van der Waals surface area contributed by atoms with Gasteiger partial charge in [-0.05, 0) is 6.92 Å². The van der Waals surface area contributed by atoms with Gasteiger partial charge in [-0.15, -0.1) is 11.8 Å². The molecule has 4 heteroatoms. The molecular formula is C12H16N2OS. The van der Waals surface area contributed by atoms with E-state index in [2.05, 4.69) is 41.2 Å². The highest BCUT2D eigenvalue weighted by Crippen LogP contribution is 2.17. The fourth-order valence-electron chi connectivity index (χ4n) is 1.53. The van der Waals surface area contributed by atoms with Crippen molar-refractivity contribution in [2.45, 2.75) is 6.92 Å². The average molecular weight is 236 g/mol. The van der Waals surface area contributed by atoms with E-state index in [0.29, 0.717) is 0 Å². The van der Waals surface area contributed by atoms with Gasteiger partial charge in [-0.3, -0.25) is 9.98 Å². The Balaban J connectivity index is 0.00000128. The molecular weight excluding hydrogens is 220 g/mol. The lowest BCUT2D eigenvalue weighted by atomic mass is 10.1. The van der Waals surface area contributed by atoms with Gasteiger partial charge in [0, 0.05) is 24.9 Å². The van der Waals surface area contributed by atoms with Gasteiger partial charge in [0.1, 0.15) is 5.04 Å². The molecule has 86 valence electrons. The zero-order valence-corrected chi connectivity index (χ0v) is 10.3. The highest BCUT2D eigenvalue weighted by Gasteiger charge is 2.14. The van der Waals surface area contributed by atoms with Crippen molar-refractivity contribution in [1.82, 2.24) is 0 Å². The third kappa shape index (κ3) is 2.71. The molecule has 1 heterocycles. The molecule has 0 saturated heterocycles. The van der Waals surface area contributed by atoms with Crippen molar-refractivity contribution in [2.24, 2.45) is 9.98 Å². The number of thioether (sulfide) groups is 1. The number of hydrogen-bond acceptors (Lipinski definition) is 3. The number of aryl methyl sites for hydroxylation is 1. The molecule has 3 nitrogen and oxygen atoms in total. The monoisotopic (exact) mass is 236 g/mol. The van der Waals surface area contributed by atoms with E-state index in [1.807, 2.05) is 7.05 Å². The Hall–Kier alpha value is -1.13. The molecule has 2 rings (SSSR count). The van der Waals surface area contributed by atoms with Crippen LogP contribution in [0, 0.1) is 6.92 Å². The van der Waals surface area contributed by atoms with Crippen LogP contribution in [0.1, 0.15) is 11.1 Å². The Morgan fingerprint density at radius 3 is 2.56 bits per heavy atom. The van der Waals surface area contributed by atoms with E-state index in [0.717, 1.165) is 23.1 Å². The molecule has 1 aliphatic heterocycles. The standard InChI is InChI=1S/C12H14N2S.H2O/c1-9-3-5-10(6-4-9)11-12(13-2)15-8-7-14-11;/h3-6H,7-8H2,1-2H3;1H2. The second-order valence-corrected chi connectivity index (χ2v) is 4.56. The molecule has 2 N–H and O–H groups in total. The summed E-state index contributed by atoms with van der Waals surface area (Å²) in [5.74, 6) is 1.04. The van der Waals surface area contributed by atoms with Crippen molar-refractivity contribution in [1.29, 1.82) is 0 Å². The molecule has 0 saturated carbocycles. The third-order valence-corrected chi connectivity index (χ3v) is 3.37. The van der Waals surface area contributed by atoms with E-state index in [1.165, 1.54) is 11.1 Å². The zero-order chi connectivity index (χ0) is 10.7. The Kier molecular flexibility index (Phi) is 4.71. The predicted octanol–water partition coefficient (Wildman–Crippen LogP) is 1.73. The summed E-state index contributed by atoms with van der Waals surface area (Å²) in [7, 11) is 1.83. The molecule has 0 fully saturated rings. The quantitative estimate of drug-likeness (QED) is 0.732. The first-order valence-corrected chi connectivity index (χ1v) is 6.01. The van der Waals surface area contributed by atoms with Crippen molar-refractivity contribution in [2.75, 3.05) is 19.3 Å². The summed E-state index contributed by atoms with van der Waals surface area (Å²) in [5, 5.41) is 1.06. The van der Waals surface area contributed by atoms with Crippen LogP contribution in [-0.4, -0.2) is 35.6 Å². The number of aliphatic imine (C=N–C) groups is 2. The minimum atomic E-state index is 0. The van der Waals surface area contributed by atoms with E-state index in [1.54, 1.807) is 11.8 Å². The number of benzene rings is 1. The summed E-state index contributed by atoms with van der Waals surface area (Å²) in [4.78, 5) is 8.82. The molecule has 0 spiro atoms. The van der Waals surface area contributed by atoms with Crippen LogP contribution < -0.4 is 0 Å². The second kappa shape index (κ2) is 5.82. The maximum atomic E-state index is 4.55. The van der Waals surface area contributed by atoms with Gasteiger partial charge in [0.2, 0.25) is 0 Å². The van der Waals surface area contributed by atoms with Gasteiger partial charge in [0.05, 0.1) is 5.71 Å². The van der Waals surface area contributed by atoms with Crippen LogP contribution in [0.2, 0.25) is 0 Å². The smallest absolute Gasteiger partial charge is 0.116 e. The minimum Gasteiger partial charge on any atom is -0.412 e. The van der Waals surface area contributed by atoms with Crippen LogP contribution in [0.4, 0.5) is 0 Å². The van der Waals surface area contributed by atoms with Gasteiger partial charge in [0.25, 0.3) is 0 Å². The van der Waals surface area contributed by atoms with Gasteiger partial charge in [-0.2, -0.15) is 0 Å². The Labute approximate surface area is 100 Å². The molecule has 1 aromatic carbocycles. The van der Waals surface area contributed by atoms with E-state index < -0.39 is 0 Å². The maximum absolute atomic E-state index is 4.55. The lowest BCUT2D eigenvalue weighted by Crippen LogP contribution is -2.18. The largest absolute Gasteiger partial charge is 0.412 e. The molecule has 1 aliphatic rings. The first kappa shape index (κ1) is 12.9. The van der Waals surface area contributed by atoms with Crippen molar-refractivity contribution in [3.8, 4) is 0 Å². The summed E-state index contributed by atoms with van der Waals surface area (Å²) in [6.07, 6.45) is 0. The molecule has 0 aromatic heterocycles. The summed E-state index contributed by atoms with van der Waals surface area (Å²) >= 11 is 1.79. The second-order valence-electron chi connectivity index (χ2n) is 3.47. The fourth-order valence-corrected chi connectivity index (χ4v) is 2.36. The first-order valence-electron chi connectivity index (χ1n) is 5.02. The lowest BCUT2D eigenvalue weighted by Gasteiger charge is -2.14. The number of hydrogen-bond donors (Lipinski definition) is 0. The van der Waals surface area contributed by atoms with Crippen molar-refractivity contribution >= 4 is 22.5 Å². The summed E-state index contributed by atoms with van der Waals surface area (Å²) < 4.78 is 0. The first-order chi connectivity index (χ1) is 7.31. The van der Waals surface area contributed by atoms with Gasteiger partial charge >= 0.3 is 0 Å². The van der Waals surface area contributed by atoms with Crippen LogP contribution in [-0.2, 0) is 0 Å². The summed E-state index contributed by atoms with van der Waals surface area (Å²) in [6, 6.07) is 8.46. The molecule has 1 aromatic rings. The minimum absolute atomic E-state index is 0. The normalized spacial score (nSPS) is 17.9. The predicted molar refractivity (Wildman–Crippen MR) is 72.0 cm³/mol. The fraction of sp³-hybridized carbons (Fsp3) is 0.333. The van der Waals surface area contributed by atoms with Crippen LogP contribution in [0.15, 0.2) is 34.3 Å². The highest BCUT2D eigenvalue weighted by atomic mass is 32.2. The van der Waals surface area contributed by atoms with Crippen LogP contribution >= 0.6 is 11.8 Å². The third-order valence-electron chi connectivity index (χ3n) is 2.33. The maximum Gasteiger partial charge on any atom is 0.116 e.